The topological polar surface area (TPSA) is 18.5 Å². The van der Waals surface area contributed by atoms with Gasteiger partial charge in [0.2, 0.25) is 0 Å². The lowest BCUT2D eigenvalue weighted by atomic mass is 10.00. The van der Waals surface area contributed by atoms with Gasteiger partial charge in [0.15, 0.2) is 8.32 Å². The Morgan fingerprint density at radius 3 is 1.60 bits per heavy atom. The van der Waals surface area contributed by atoms with Gasteiger partial charge in [0.05, 0.1) is 0 Å². The molecule has 1 saturated carbocycles. The van der Waals surface area contributed by atoms with E-state index >= 15 is 0 Å². The van der Waals surface area contributed by atoms with Crippen LogP contribution in [0.3, 0.4) is 0 Å². The van der Waals surface area contributed by atoms with Crippen LogP contribution in [0.2, 0.25) is 19.6 Å². The normalized spacial score (nSPS) is 22.8. The standard InChI is InChI=1S/C15H33ClO2Si2/c1-20(2,3)18-19(16)17-15-13-11-9-7-5-4-6-8-10-12-14-15/h15,19H,4-14H2,1-3H3. The molecular weight excluding hydrogens is 304 g/mol. The molecule has 0 spiro atoms. The minimum Gasteiger partial charge on any atom is -0.427 e. The predicted octanol–water partition coefficient (Wildman–Crippen LogP) is 5.48. The van der Waals surface area contributed by atoms with Gasteiger partial charge in [0.25, 0.3) is 0 Å². The summed E-state index contributed by atoms with van der Waals surface area (Å²) in [6, 6.07) is 0. The molecule has 0 aromatic carbocycles. The molecule has 1 rings (SSSR count). The summed E-state index contributed by atoms with van der Waals surface area (Å²) in [5.74, 6) is 0. The summed E-state index contributed by atoms with van der Waals surface area (Å²) < 4.78 is 12.0. The quantitative estimate of drug-likeness (QED) is 0.499. The first-order chi connectivity index (χ1) is 9.47. The van der Waals surface area contributed by atoms with Gasteiger partial charge in [-0.15, -0.1) is 11.1 Å². The van der Waals surface area contributed by atoms with Crippen molar-refractivity contribution in [2.75, 3.05) is 0 Å². The molecule has 1 aliphatic rings. The van der Waals surface area contributed by atoms with Gasteiger partial charge < -0.3 is 8.54 Å². The van der Waals surface area contributed by atoms with Crippen molar-refractivity contribution in [1.82, 2.24) is 0 Å². The number of hydrogen-bond acceptors (Lipinski definition) is 2. The van der Waals surface area contributed by atoms with Crippen LogP contribution < -0.4 is 0 Å². The lowest BCUT2D eigenvalue weighted by Gasteiger charge is -2.26. The lowest BCUT2D eigenvalue weighted by Crippen LogP contribution is -2.36. The Labute approximate surface area is 133 Å². The highest BCUT2D eigenvalue weighted by Gasteiger charge is 2.24. The first-order valence-corrected chi connectivity index (χ1v) is 14.5. The third kappa shape index (κ3) is 10.4. The highest BCUT2D eigenvalue weighted by molar-refractivity contribution is 7.03. The van der Waals surface area contributed by atoms with Crippen LogP contribution in [0.4, 0.5) is 0 Å². The van der Waals surface area contributed by atoms with E-state index in [9.17, 15) is 0 Å². The summed E-state index contributed by atoms with van der Waals surface area (Å²) in [6.07, 6.45) is 15.0. The predicted molar refractivity (Wildman–Crippen MR) is 93.1 cm³/mol. The van der Waals surface area contributed by atoms with Crippen LogP contribution in [0.1, 0.15) is 70.6 Å². The van der Waals surface area contributed by atoms with Gasteiger partial charge in [-0.3, -0.25) is 0 Å². The molecule has 0 N–H and O–H groups in total. The number of hydrogen-bond donors (Lipinski definition) is 0. The van der Waals surface area contributed by atoms with Crippen LogP contribution in [0.15, 0.2) is 0 Å². The number of halogens is 1. The first kappa shape index (κ1) is 18.7. The van der Waals surface area contributed by atoms with Crippen LogP contribution in [0.25, 0.3) is 0 Å². The Morgan fingerprint density at radius 1 is 0.800 bits per heavy atom. The van der Waals surface area contributed by atoms with Gasteiger partial charge >= 0.3 is 8.59 Å². The smallest absolute Gasteiger partial charge is 0.416 e. The molecule has 0 heterocycles. The molecule has 5 heteroatoms. The van der Waals surface area contributed by atoms with E-state index in [0.29, 0.717) is 6.10 Å². The van der Waals surface area contributed by atoms with Crippen molar-refractivity contribution in [1.29, 1.82) is 0 Å². The van der Waals surface area contributed by atoms with Crippen LogP contribution >= 0.6 is 11.1 Å². The van der Waals surface area contributed by atoms with E-state index in [1.165, 1.54) is 70.6 Å². The molecule has 1 unspecified atom stereocenters. The molecule has 20 heavy (non-hydrogen) atoms. The summed E-state index contributed by atoms with van der Waals surface area (Å²) in [4.78, 5) is 0. The zero-order chi connectivity index (χ0) is 14.8. The van der Waals surface area contributed by atoms with Gasteiger partial charge in [-0.25, -0.2) is 0 Å². The zero-order valence-corrected chi connectivity index (χ0v) is 16.5. The van der Waals surface area contributed by atoms with Gasteiger partial charge in [0, 0.05) is 6.10 Å². The molecule has 0 saturated heterocycles. The van der Waals surface area contributed by atoms with Crippen molar-refractivity contribution in [2.45, 2.75) is 96.4 Å². The molecular formula is C15H33ClO2Si2. The second-order valence-corrected chi connectivity index (χ2v) is 14.1. The maximum absolute atomic E-state index is 6.35. The minimum absolute atomic E-state index is 0.347. The molecule has 0 aromatic rings. The summed E-state index contributed by atoms with van der Waals surface area (Å²) in [5.41, 5.74) is 0. The second kappa shape index (κ2) is 10.4. The van der Waals surface area contributed by atoms with E-state index in [0.717, 1.165) is 0 Å². The molecule has 0 aromatic heterocycles. The van der Waals surface area contributed by atoms with E-state index in [-0.39, 0.29) is 0 Å². The van der Waals surface area contributed by atoms with Crippen LogP contribution in [-0.2, 0) is 8.54 Å². The van der Waals surface area contributed by atoms with E-state index in [1.54, 1.807) is 0 Å². The Bertz CT molecular complexity index is 235. The fourth-order valence-electron chi connectivity index (χ4n) is 2.72. The Balaban J connectivity index is 2.34. The van der Waals surface area contributed by atoms with Gasteiger partial charge in [-0.2, -0.15) is 0 Å². The van der Waals surface area contributed by atoms with Crippen molar-refractivity contribution in [2.24, 2.45) is 0 Å². The molecule has 0 bridgehead atoms. The zero-order valence-electron chi connectivity index (χ0n) is 13.6. The van der Waals surface area contributed by atoms with Crippen LogP contribution in [0, 0.1) is 0 Å². The van der Waals surface area contributed by atoms with Crippen molar-refractivity contribution < 1.29 is 8.54 Å². The third-order valence-corrected chi connectivity index (χ3v) is 9.08. The highest BCUT2D eigenvalue weighted by atomic mass is 35.6. The van der Waals surface area contributed by atoms with E-state index < -0.39 is 16.9 Å². The maximum atomic E-state index is 6.35. The summed E-state index contributed by atoms with van der Waals surface area (Å²) in [7, 11) is -3.50. The SMILES string of the molecule is C[Si](C)(C)O[SiH](Cl)OC1CCCCCCCCCCC1. The van der Waals surface area contributed by atoms with Crippen molar-refractivity contribution in [3.63, 3.8) is 0 Å². The Hall–Kier alpha value is 0.644. The van der Waals surface area contributed by atoms with Gasteiger partial charge in [-0.1, -0.05) is 57.8 Å². The van der Waals surface area contributed by atoms with E-state index in [4.69, 9.17) is 19.6 Å². The first-order valence-electron chi connectivity index (χ1n) is 8.45. The third-order valence-electron chi connectivity index (χ3n) is 3.80. The Morgan fingerprint density at radius 2 is 1.20 bits per heavy atom. The molecule has 0 radical (unpaired) electrons. The molecule has 1 aliphatic carbocycles. The molecule has 1 atom stereocenters. The average Bonchev–Trinajstić information content (AvgIpc) is 2.30. The molecule has 1 fully saturated rings. The minimum atomic E-state index is -1.95. The largest absolute Gasteiger partial charge is 0.427 e. The van der Waals surface area contributed by atoms with Crippen molar-refractivity contribution in [3.8, 4) is 0 Å². The fourth-order valence-corrected chi connectivity index (χ4v) is 8.58. The van der Waals surface area contributed by atoms with E-state index in [2.05, 4.69) is 19.6 Å². The van der Waals surface area contributed by atoms with Crippen molar-refractivity contribution in [3.05, 3.63) is 0 Å². The molecule has 0 aliphatic heterocycles. The lowest BCUT2D eigenvalue weighted by molar-refractivity contribution is 0.153. The Kier molecular flexibility index (Phi) is 9.70. The monoisotopic (exact) mass is 336 g/mol. The molecule has 2 nitrogen and oxygen atoms in total. The number of rotatable bonds is 4. The summed E-state index contributed by atoms with van der Waals surface area (Å²) in [5, 5.41) is 0. The highest BCUT2D eigenvalue weighted by Crippen LogP contribution is 2.21. The second-order valence-electron chi connectivity index (χ2n) is 7.02. The van der Waals surface area contributed by atoms with E-state index in [1.807, 2.05) is 0 Å². The fraction of sp³-hybridized carbons (Fsp3) is 1.00. The molecule has 0 amide bonds. The van der Waals surface area contributed by atoms with Crippen LogP contribution in [-0.4, -0.2) is 23.0 Å². The van der Waals surface area contributed by atoms with Gasteiger partial charge in [0.1, 0.15) is 0 Å². The average molecular weight is 337 g/mol. The summed E-state index contributed by atoms with van der Waals surface area (Å²) >= 11 is 6.35. The van der Waals surface area contributed by atoms with Crippen molar-refractivity contribution >= 4 is 28.0 Å². The van der Waals surface area contributed by atoms with Crippen LogP contribution in [0.5, 0.6) is 0 Å². The maximum Gasteiger partial charge on any atom is 0.416 e. The van der Waals surface area contributed by atoms with Gasteiger partial charge in [-0.05, 0) is 32.5 Å². The summed E-state index contributed by atoms with van der Waals surface area (Å²) in [6.45, 7) is 6.54. The molecule has 120 valence electrons.